The molecule has 0 saturated carbocycles. The first-order chi connectivity index (χ1) is 34.7. The Morgan fingerprint density at radius 1 is 0.615 bits per heavy atom. The number of rotatable bonds is 11. The Morgan fingerprint density at radius 3 is 1.46 bits per heavy atom. The van der Waals surface area contributed by atoms with E-state index in [2.05, 4.69) is 47.1 Å². The molecule has 2 aliphatic rings. The molecule has 10 rings (SSSR count). The van der Waals surface area contributed by atoms with Gasteiger partial charge in [0.1, 0.15) is 11.6 Å². The van der Waals surface area contributed by atoms with E-state index in [1.807, 2.05) is 84.9 Å². The maximum atomic E-state index is 13.1. The number of nitriles is 2. The van der Waals surface area contributed by atoms with Gasteiger partial charge in [0.15, 0.2) is 22.7 Å². The topological polar surface area (TPSA) is 223 Å². The van der Waals surface area contributed by atoms with Crippen LogP contribution in [0.1, 0.15) is 112 Å². The molecule has 18 nitrogen and oxygen atoms in total. The van der Waals surface area contributed by atoms with Gasteiger partial charge in [-0.15, -0.1) is 5.10 Å². The first-order valence-electron chi connectivity index (χ1n) is 23.5. The zero-order valence-corrected chi connectivity index (χ0v) is 39.5. The number of pyridine rings is 4. The number of nitrogens with one attached hydrogen (secondary N) is 1. The number of nitrogens with zero attached hydrogens (tertiary/aromatic N) is 11. The molecule has 0 radical (unpaired) electrons. The van der Waals surface area contributed by atoms with Crippen LogP contribution in [0.15, 0.2) is 114 Å². The Labute approximate surface area is 460 Å². The fraction of sp³-hybridized carbons (Fsp3) is 0.367. The fourth-order valence-corrected chi connectivity index (χ4v) is 8.88. The van der Waals surface area contributed by atoms with Crippen molar-refractivity contribution in [3.63, 3.8) is 0 Å². The van der Waals surface area contributed by atoms with Crippen LogP contribution in [0.3, 0.4) is 0 Å². The third kappa shape index (κ3) is 13.5. The second-order valence-electron chi connectivity index (χ2n) is 16.9. The summed E-state index contributed by atoms with van der Waals surface area (Å²) < 4.78 is 19.3. The largest absolute Gasteiger partial charge is 0.479 e. The molecule has 2 fully saturated rings. The molecule has 0 amide bonds. The second-order valence-corrected chi connectivity index (χ2v) is 16.9. The highest BCUT2D eigenvalue weighted by Gasteiger charge is 2.26. The Bertz CT molecular complexity index is 3330. The molecule has 8 aromatic rings. The van der Waals surface area contributed by atoms with Crippen molar-refractivity contribution in [1.82, 2.24) is 39.5 Å². The number of ether oxygens (including phenoxy) is 3. The molecule has 18 heteroatoms. The van der Waals surface area contributed by atoms with Crippen molar-refractivity contribution in [3.8, 4) is 51.6 Å². The summed E-state index contributed by atoms with van der Waals surface area (Å²) in [5.41, 5.74) is 5.08. The van der Waals surface area contributed by atoms with Gasteiger partial charge in [-0.3, -0.25) is 9.89 Å². The van der Waals surface area contributed by atoms with Crippen LogP contribution in [0.25, 0.3) is 55.7 Å². The molecule has 8 heterocycles. The minimum atomic E-state index is -0.561. The Hall–Kier alpha value is -8.90. The molecule has 414 valence electrons. The van der Waals surface area contributed by atoms with Crippen LogP contribution in [0.5, 0.6) is 5.88 Å². The molecule has 2 aromatic carbocycles. The number of H-pyrrole nitrogens is 1. The van der Waals surface area contributed by atoms with E-state index in [-0.39, 0.29) is 94.0 Å². The monoisotopic (exact) mass is 1060 g/mol. The van der Waals surface area contributed by atoms with Crippen molar-refractivity contribution < 1.29 is 23.8 Å². The number of carbonyl (C=O) groups excluding carboxylic acids is 2. The minimum Gasteiger partial charge on any atom is -0.479 e. The van der Waals surface area contributed by atoms with Crippen LogP contribution < -0.4 is 20.1 Å². The molecule has 0 bridgehead atoms. The quantitative estimate of drug-likeness (QED) is 0.119. The van der Waals surface area contributed by atoms with E-state index in [0.29, 0.717) is 44.8 Å². The van der Waals surface area contributed by atoms with E-state index in [1.165, 1.54) is 0 Å². The van der Waals surface area contributed by atoms with Crippen molar-refractivity contribution in [2.75, 3.05) is 56.3 Å². The SMILES string of the molecule is C.C.C.C.C.C.C.CCOC(=O)c1cc(-c2ccc(N3CCC(C#N)CC3)nc2)c2c(=O)[nH]n(-c3ccccc3)c2n1.CCOC(=O)c1cc(-c2ccc(N3CCC(C#N)CC3)nc2)c2c(OC)nn(-c3ccccc3)c2n1. The summed E-state index contributed by atoms with van der Waals surface area (Å²) in [6, 6.07) is 34.6. The third-order valence-corrected chi connectivity index (χ3v) is 12.6. The average molecular weight is 1060 g/mol. The van der Waals surface area contributed by atoms with Gasteiger partial charge in [-0.2, -0.15) is 10.5 Å². The summed E-state index contributed by atoms with van der Waals surface area (Å²) in [4.78, 5) is 61.2. The molecule has 1 N–H and O–H groups in total. The molecule has 0 aliphatic carbocycles. The van der Waals surface area contributed by atoms with E-state index >= 15 is 0 Å². The lowest BCUT2D eigenvalue weighted by molar-refractivity contribution is 0.0510. The van der Waals surface area contributed by atoms with Gasteiger partial charge in [0.25, 0.3) is 5.56 Å². The van der Waals surface area contributed by atoms with Crippen molar-refractivity contribution in [2.45, 2.75) is 91.5 Å². The van der Waals surface area contributed by atoms with Crippen molar-refractivity contribution in [1.29, 1.82) is 10.5 Å². The Balaban J connectivity index is 0.000000490. The van der Waals surface area contributed by atoms with Crippen LogP contribution >= 0.6 is 0 Å². The predicted molar refractivity (Wildman–Crippen MR) is 314 cm³/mol. The van der Waals surface area contributed by atoms with Crippen LogP contribution in [0, 0.1) is 34.5 Å². The maximum Gasteiger partial charge on any atom is 0.357 e. The van der Waals surface area contributed by atoms with E-state index in [1.54, 1.807) is 54.8 Å². The van der Waals surface area contributed by atoms with Gasteiger partial charge < -0.3 is 24.0 Å². The lowest BCUT2D eigenvalue weighted by Gasteiger charge is -2.30. The number of anilines is 2. The third-order valence-electron chi connectivity index (χ3n) is 12.6. The zero-order chi connectivity index (χ0) is 49.4. The van der Waals surface area contributed by atoms with E-state index in [4.69, 9.17) is 29.7 Å². The molecular formula is C60H78N12O6. The molecule has 78 heavy (non-hydrogen) atoms. The number of para-hydroxylation sites is 2. The van der Waals surface area contributed by atoms with Crippen molar-refractivity contribution in [2.24, 2.45) is 11.8 Å². The lowest BCUT2D eigenvalue weighted by Crippen LogP contribution is -2.33. The maximum absolute atomic E-state index is 13.1. The molecule has 0 unspecified atom stereocenters. The number of fused-ring (bicyclic) bond motifs is 2. The first-order valence-corrected chi connectivity index (χ1v) is 23.5. The Kier molecular flexibility index (Phi) is 24.6. The highest BCUT2D eigenvalue weighted by atomic mass is 16.5. The number of esters is 2. The van der Waals surface area contributed by atoms with Crippen LogP contribution in [-0.2, 0) is 9.47 Å². The second kappa shape index (κ2) is 29.4. The molecular weight excluding hydrogens is 985 g/mol. The fourth-order valence-electron chi connectivity index (χ4n) is 8.88. The van der Waals surface area contributed by atoms with Gasteiger partial charge in [-0.05, 0) is 100 Å². The molecule has 6 aromatic heterocycles. The van der Waals surface area contributed by atoms with Gasteiger partial charge in [0.2, 0.25) is 5.88 Å². The summed E-state index contributed by atoms with van der Waals surface area (Å²) in [5.74, 6) is 1.21. The predicted octanol–water partition coefficient (Wildman–Crippen LogP) is 12.6. The number of carbonyl (C=O) groups is 2. The van der Waals surface area contributed by atoms with Crippen LogP contribution in [0.4, 0.5) is 11.6 Å². The number of aromatic amines is 1. The number of methoxy groups -OCH3 is 1. The van der Waals surface area contributed by atoms with Crippen molar-refractivity contribution >= 4 is 45.6 Å². The summed E-state index contributed by atoms with van der Waals surface area (Å²) in [5, 5.41) is 26.8. The molecule has 2 saturated heterocycles. The van der Waals surface area contributed by atoms with Crippen molar-refractivity contribution in [3.05, 3.63) is 131 Å². The van der Waals surface area contributed by atoms with Gasteiger partial charge in [0.05, 0.1) is 54.6 Å². The summed E-state index contributed by atoms with van der Waals surface area (Å²) in [7, 11) is 1.56. The minimum absolute atomic E-state index is 0. The number of benzene rings is 2. The number of hydrogen-bond donors (Lipinski definition) is 1. The highest BCUT2D eigenvalue weighted by Crippen LogP contribution is 2.37. The molecule has 2 aliphatic heterocycles. The van der Waals surface area contributed by atoms with Gasteiger partial charge in [0, 0.05) is 72.7 Å². The number of aromatic nitrogens is 8. The highest BCUT2D eigenvalue weighted by molar-refractivity contribution is 6.02. The summed E-state index contributed by atoms with van der Waals surface area (Å²) >= 11 is 0. The summed E-state index contributed by atoms with van der Waals surface area (Å²) in [6.07, 6.45) is 6.79. The normalized spacial score (nSPS) is 12.8. The first kappa shape index (κ1) is 65.2. The van der Waals surface area contributed by atoms with Gasteiger partial charge in [-0.1, -0.05) is 88.4 Å². The standard InChI is InChI=1S/C27H26N6O3.C26H24N6O3.7CH4/c1-3-36-27(34)22-15-21(19-9-10-23(29-17-19)32-13-11-18(16-28)12-14-32)24-25(30-22)33(31-26(24)35-2)20-7-5-4-6-8-20;1-2-35-26(34)21-14-20(18-8-9-22(28-16-18)31-12-10-17(15-27)11-13-31)23-24(29-21)32(30-25(23)33)19-6-4-3-5-7-19;;;;;;;/h4-10,15,17-18H,3,11-14H2,1-2H3;3-9,14,16-17H,2,10-13H2,1H3,(H,30,33);7*1H4. The van der Waals surface area contributed by atoms with Gasteiger partial charge >= 0.3 is 11.9 Å². The van der Waals surface area contributed by atoms with E-state index in [0.717, 1.165) is 80.3 Å². The van der Waals surface area contributed by atoms with Crippen LogP contribution in [-0.4, -0.2) is 97.9 Å². The summed E-state index contributed by atoms with van der Waals surface area (Å²) in [6.45, 7) is 7.10. The van der Waals surface area contributed by atoms with E-state index < -0.39 is 11.9 Å². The van der Waals surface area contributed by atoms with Gasteiger partial charge in [-0.25, -0.2) is 38.9 Å². The lowest BCUT2D eigenvalue weighted by atomic mass is 9.98. The number of hydrogen-bond acceptors (Lipinski definition) is 15. The molecule has 0 atom stereocenters. The van der Waals surface area contributed by atoms with E-state index in [9.17, 15) is 14.4 Å². The average Bonchev–Trinajstić information content (AvgIpc) is 4.00. The number of piperidine rings is 2. The van der Waals surface area contributed by atoms with Crippen LogP contribution in [0.2, 0.25) is 0 Å². The molecule has 0 spiro atoms. The Morgan fingerprint density at radius 2 is 1.05 bits per heavy atom. The smallest absolute Gasteiger partial charge is 0.357 e. The zero-order valence-electron chi connectivity index (χ0n) is 39.5.